The molecule has 0 aliphatic heterocycles. The summed E-state index contributed by atoms with van der Waals surface area (Å²) in [7, 11) is -9.95. The van der Waals surface area contributed by atoms with E-state index < -0.39 is 97.5 Å². The van der Waals surface area contributed by atoms with Gasteiger partial charge in [0.25, 0.3) is 0 Å². The predicted octanol–water partition coefficient (Wildman–Crippen LogP) is 24.5. The lowest BCUT2D eigenvalue weighted by Crippen LogP contribution is -2.30. The van der Waals surface area contributed by atoms with Crippen molar-refractivity contribution in [3.05, 3.63) is 48.6 Å². The molecule has 5 atom stereocenters. The smallest absolute Gasteiger partial charge is 0.462 e. The van der Waals surface area contributed by atoms with Crippen molar-refractivity contribution in [3.8, 4) is 0 Å². The molecule has 3 N–H and O–H groups in total. The maximum atomic E-state index is 13.1. The minimum atomic E-state index is -4.98. The Morgan fingerprint density at radius 3 is 0.775 bits per heavy atom. The summed E-state index contributed by atoms with van der Waals surface area (Å²) in [5, 5.41) is 10.6. The first-order chi connectivity index (χ1) is 49.7. The summed E-state index contributed by atoms with van der Waals surface area (Å²) in [4.78, 5) is 73.1. The maximum Gasteiger partial charge on any atom is 0.472 e. The third-order valence-electron chi connectivity index (χ3n) is 18.3. The van der Waals surface area contributed by atoms with E-state index in [1.807, 2.05) is 12.2 Å². The molecule has 0 heterocycles. The molecule has 0 aliphatic carbocycles. The van der Waals surface area contributed by atoms with Crippen LogP contribution in [0.3, 0.4) is 0 Å². The zero-order chi connectivity index (χ0) is 74.6. The Morgan fingerprint density at radius 2 is 0.490 bits per heavy atom. The SMILES string of the molecule is CCCCC/C=C\C/C=C\C/C=C\C/C=C\CCCC(=O)OC[C@H](COP(=O)(O)OC[C@@H](O)COP(=O)(O)OC[C@@H](COC(=O)CCCCCCCCCCCCCCCCCCC)OC(=O)CCCCCCCCCCCCCCC)OC(=O)CCCCCCCCCCCCCCCCC. The van der Waals surface area contributed by atoms with Crippen LogP contribution in [0, 0.1) is 0 Å². The van der Waals surface area contributed by atoms with E-state index in [2.05, 4.69) is 64.2 Å². The van der Waals surface area contributed by atoms with Crippen molar-refractivity contribution in [2.75, 3.05) is 39.6 Å². The minimum absolute atomic E-state index is 0.0914. The molecule has 0 aliphatic rings. The van der Waals surface area contributed by atoms with Crippen LogP contribution in [-0.4, -0.2) is 96.7 Å². The van der Waals surface area contributed by atoms with Crippen LogP contribution in [-0.2, 0) is 65.4 Å². The van der Waals surface area contributed by atoms with E-state index in [1.54, 1.807) is 0 Å². The third-order valence-corrected chi connectivity index (χ3v) is 20.2. The molecular formula is C83H154O17P2. The van der Waals surface area contributed by atoms with Crippen LogP contribution in [0.4, 0.5) is 0 Å². The van der Waals surface area contributed by atoms with Crippen LogP contribution < -0.4 is 0 Å². The Balaban J connectivity index is 5.33. The van der Waals surface area contributed by atoms with Gasteiger partial charge in [-0.25, -0.2) is 9.13 Å². The number of unbranched alkanes of at least 4 members (excludes halogenated alkanes) is 46. The van der Waals surface area contributed by atoms with Crippen molar-refractivity contribution in [1.29, 1.82) is 0 Å². The molecular weight excluding hydrogens is 1330 g/mol. The Morgan fingerprint density at radius 1 is 0.275 bits per heavy atom. The standard InChI is InChI=1S/C83H154O17P2/c1-5-9-13-17-21-25-29-33-36-38-41-44-47-51-55-59-63-67-80(85)93-73-78(99-82(87)69-65-61-57-53-49-43-32-28-24-20-16-12-8-4)75-97-101(89,90)95-71-77(84)72-96-102(91,92)98-76-79(100-83(88)70-66-62-58-54-50-46-40-35-31-27-23-19-15-11-7-3)74-94-81(86)68-64-60-56-52-48-45-42-39-37-34-30-26-22-18-14-10-6-2/h22,26,34,37,42,45,52,56,77-79,84H,5-21,23-25,27-33,35-36,38-41,43-44,46-51,53-55,57-76H2,1-4H3,(H,89,90)(H,91,92)/b26-22-,37-34-,45-42-,56-52-/t77-,78+,79+/m0/s1. The number of hydrogen-bond acceptors (Lipinski definition) is 15. The van der Waals surface area contributed by atoms with Gasteiger partial charge in [-0.15, -0.1) is 0 Å². The Hall–Kier alpha value is -2.98. The van der Waals surface area contributed by atoms with Crippen LogP contribution in [0.5, 0.6) is 0 Å². The number of rotatable bonds is 80. The summed E-state index contributed by atoms with van der Waals surface area (Å²) >= 11 is 0. The lowest BCUT2D eigenvalue weighted by Gasteiger charge is -2.21. The first kappa shape index (κ1) is 99.0. The molecule has 0 spiro atoms. The fourth-order valence-corrected chi connectivity index (χ4v) is 13.5. The molecule has 102 heavy (non-hydrogen) atoms. The average Bonchev–Trinajstić information content (AvgIpc) is 0.939. The Kier molecular flexibility index (Phi) is 74.0. The first-order valence-corrected chi connectivity index (χ1v) is 44.9. The normalized spacial score (nSPS) is 14.1. The molecule has 0 bridgehead atoms. The number of ether oxygens (including phenoxy) is 4. The summed E-state index contributed by atoms with van der Waals surface area (Å²) < 4.78 is 68.7. The zero-order valence-electron chi connectivity index (χ0n) is 65.6. The van der Waals surface area contributed by atoms with Gasteiger partial charge in [-0.2, -0.15) is 0 Å². The number of carbonyl (C=O) groups is 4. The maximum absolute atomic E-state index is 13.1. The number of aliphatic hydroxyl groups excluding tert-OH is 1. The van der Waals surface area contributed by atoms with Crippen LogP contribution in [0.15, 0.2) is 48.6 Å². The predicted molar refractivity (Wildman–Crippen MR) is 418 cm³/mol. The molecule has 0 rings (SSSR count). The van der Waals surface area contributed by atoms with Gasteiger partial charge >= 0.3 is 39.5 Å². The minimum Gasteiger partial charge on any atom is -0.462 e. The first-order valence-electron chi connectivity index (χ1n) is 41.9. The lowest BCUT2D eigenvalue weighted by molar-refractivity contribution is -0.161. The highest BCUT2D eigenvalue weighted by Gasteiger charge is 2.30. The van der Waals surface area contributed by atoms with E-state index in [-0.39, 0.29) is 25.7 Å². The summed E-state index contributed by atoms with van der Waals surface area (Å²) in [6.07, 6.45) is 75.1. The van der Waals surface area contributed by atoms with Crippen molar-refractivity contribution in [2.45, 2.75) is 418 Å². The number of allylic oxidation sites excluding steroid dienone is 8. The van der Waals surface area contributed by atoms with Gasteiger partial charge in [0.15, 0.2) is 12.2 Å². The number of phosphoric acid groups is 2. The molecule has 0 radical (unpaired) electrons. The molecule has 598 valence electrons. The lowest BCUT2D eigenvalue weighted by atomic mass is 10.0. The van der Waals surface area contributed by atoms with Crippen molar-refractivity contribution < 1.29 is 80.2 Å². The molecule has 0 aromatic heterocycles. The highest BCUT2D eigenvalue weighted by molar-refractivity contribution is 7.47. The third kappa shape index (κ3) is 75.3. The van der Waals surface area contributed by atoms with E-state index >= 15 is 0 Å². The van der Waals surface area contributed by atoms with Gasteiger partial charge < -0.3 is 33.8 Å². The molecule has 0 saturated heterocycles. The van der Waals surface area contributed by atoms with Crippen LogP contribution in [0.25, 0.3) is 0 Å². The van der Waals surface area contributed by atoms with Gasteiger partial charge in [-0.05, 0) is 64.2 Å². The topological polar surface area (TPSA) is 237 Å². The van der Waals surface area contributed by atoms with Gasteiger partial charge in [-0.3, -0.25) is 37.3 Å². The van der Waals surface area contributed by atoms with E-state index in [1.165, 1.54) is 218 Å². The van der Waals surface area contributed by atoms with Crippen molar-refractivity contribution in [1.82, 2.24) is 0 Å². The number of aliphatic hydroxyl groups is 1. The van der Waals surface area contributed by atoms with E-state index in [9.17, 15) is 43.2 Å². The Labute approximate surface area is 623 Å². The monoisotopic (exact) mass is 1490 g/mol. The summed E-state index contributed by atoms with van der Waals surface area (Å²) in [6, 6.07) is 0. The molecule has 0 amide bonds. The molecule has 0 aromatic rings. The van der Waals surface area contributed by atoms with E-state index in [4.69, 9.17) is 37.0 Å². The molecule has 17 nitrogen and oxygen atoms in total. The molecule has 0 aromatic carbocycles. The van der Waals surface area contributed by atoms with Gasteiger partial charge in [0.1, 0.15) is 19.3 Å². The highest BCUT2D eigenvalue weighted by atomic mass is 31.2. The van der Waals surface area contributed by atoms with Gasteiger partial charge in [-0.1, -0.05) is 359 Å². The summed E-state index contributed by atoms with van der Waals surface area (Å²) in [6.45, 7) is 4.90. The molecule has 0 fully saturated rings. The second kappa shape index (κ2) is 76.2. The van der Waals surface area contributed by atoms with Gasteiger partial charge in [0.05, 0.1) is 26.4 Å². The molecule has 2 unspecified atom stereocenters. The van der Waals surface area contributed by atoms with Gasteiger partial charge in [0.2, 0.25) is 0 Å². The van der Waals surface area contributed by atoms with E-state index in [0.29, 0.717) is 32.1 Å². The van der Waals surface area contributed by atoms with Crippen LogP contribution >= 0.6 is 15.6 Å². The van der Waals surface area contributed by atoms with Crippen LogP contribution in [0.2, 0.25) is 0 Å². The number of esters is 4. The summed E-state index contributed by atoms with van der Waals surface area (Å²) in [5.74, 6) is -2.19. The zero-order valence-corrected chi connectivity index (χ0v) is 67.3. The second-order valence-electron chi connectivity index (χ2n) is 28.4. The highest BCUT2D eigenvalue weighted by Crippen LogP contribution is 2.45. The molecule has 0 saturated carbocycles. The largest absolute Gasteiger partial charge is 0.472 e. The average molecular weight is 1490 g/mol. The second-order valence-corrected chi connectivity index (χ2v) is 31.4. The number of hydrogen-bond donors (Lipinski definition) is 3. The van der Waals surface area contributed by atoms with Crippen molar-refractivity contribution in [2.24, 2.45) is 0 Å². The van der Waals surface area contributed by atoms with Gasteiger partial charge in [0, 0.05) is 25.7 Å². The fourth-order valence-electron chi connectivity index (χ4n) is 11.9. The Bertz CT molecular complexity index is 2120. The van der Waals surface area contributed by atoms with E-state index in [0.717, 1.165) is 96.3 Å². The molecule has 19 heteroatoms. The quantitative estimate of drug-likeness (QED) is 0.0169. The van der Waals surface area contributed by atoms with Crippen molar-refractivity contribution in [3.63, 3.8) is 0 Å². The van der Waals surface area contributed by atoms with Crippen molar-refractivity contribution >= 4 is 39.5 Å². The van der Waals surface area contributed by atoms with Crippen LogP contribution in [0.1, 0.15) is 400 Å². The summed E-state index contributed by atoms with van der Waals surface area (Å²) in [5.41, 5.74) is 0. The fraction of sp³-hybridized carbons (Fsp3) is 0.855. The number of carbonyl (C=O) groups excluding carboxylic acids is 4. The number of phosphoric ester groups is 2.